The van der Waals surface area contributed by atoms with Crippen LogP contribution in [0.4, 0.5) is 0 Å². The van der Waals surface area contributed by atoms with E-state index in [1.165, 1.54) is 38.5 Å². The molecule has 0 atom stereocenters. The summed E-state index contributed by atoms with van der Waals surface area (Å²) in [7, 11) is 1.60. The molecule has 0 amide bonds. The van der Waals surface area contributed by atoms with Crippen molar-refractivity contribution in [3.05, 3.63) is 23.3 Å². The number of nitrogens with two attached hydrogens (primary N) is 1. The quantitative estimate of drug-likeness (QED) is 0.512. The minimum atomic E-state index is 0.130. The summed E-state index contributed by atoms with van der Waals surface area (Å²) in [4.78, 5) is 0. The lowest BCUT2D eigenvalue weighted by Gasteiger charge is -2.57. The Hall–Kier alpha value is -1.71. The smallest absolute Gasteiger partial charge is 0.161 e. The number of phenols is 1. The molecule has 5 rings (SSSR count). The molecule has 4 heteroatoms. The molecule has 0 heterocycles. The first-order chi connectivity index (χ1) is 10.6. The van der Waals surface area contributed by atoms with E-state index < -0.39 is 0 Å². The molecule has 0 aliphatic heterocycles. The van der Waals surface area contributed by atoms with Gasteiger partial charge in [-0.2, -0.15) is 5.10 Å². The van der Waals surface area contributed by atoms with Gasteiger partial charge in [0, 0.05) is 5.56 Å². The highest BCUT2D eigenvalue weighted by Gasteiger charge is 2.52. The molecule has 4 fully saturated rings. The van der Waals surface area contributed by atoms with Crippen molar-refractivity contribution < 1.29 is 9.84 Å². The average Bonchev–Trinajstić information content (AvgIpc) is 2.47. The van der Waals surface area contributed by atoms with Crippen LogP contribution in [0.3, 0.4) is 0 Å². The van der Waals surface area contributed by atoms with Crippen molar-refractivity contribution in [3.63, 3.8) is 0 Å². The second-order valence-corrected chi connectivity index (χ2v) is 7.60. The summed E-state index contributed by atoms with van der Waals surface area (Å²) in [5.41, 5.74) is 2.09. The fourth-order valence-electron chi connectivity index (χ4n) is 5.79. The number of rotatable bonds is 3. The maximum Gasteiger partial charge on any atom is 0.161 e. The van der Waals surface area contributed by atoms with Crippen molar-refractivity contribution in [1.29, 1.82) is 0 Å². The summed E-state index contributed by atoms with van der Waals surface area (Å²) >= 11 is 0. The molecule has 0 saturated heterocycles. The van der Waals surface area contributed by atoms with Crippen molar-refractivity contribution in [3.8, 4) is 11.5 Å². The van der Waals surface area contributed by atoms with Gasteiger partial charge in [0.1, 0.15) is 0 Å². The van der Waals surface area contributed by atoms with Gasteiger partial charge >= 0.3 is 0 Å². The van der Waals surface area contributed by atoms with E-state index in [1.807, 2.05) is 0 Å². The number of benzene rings is 1. The maximum atomic E-state index is 10.7. The summed E-state index contributed by atoms with van der Waals surface area (Å²) in [6, 6.07) is 3.87. The van der Waals surface area contributed by atoms with Crippen LogP contribution in [0.1, 0.15) is 49.7 Å². The highest BCUT2D eigenvalue weighted by Crippen LogP contribution is 2.62. The maximum absolute atomic E-state index is 10.7. The standard InChI is InChI=1S/C18H24N2O2/c1-22-16-6-14(10-20-19)5-15(17(16)21)18-7-11-2-12(8-18)4-13(3-11)9-18/h5-6,10-13,21H,2-4,7-9,19H2,1H3. The molecule has 1 aromatic rings. The average molecular weight is 300 g/mol. The highest BCUT2D eigenvalue weighted by molar-refractivity contribution is 5.81. The van der Waals surface area contributed by atoms with Crippen molar-refractivity contribution in [2.75, 3.05) is 7.11 Å². The molecular weight excluding hydrogens is 276 g/mol. The second-order valence-electron chi connectivity index (χ2n) is 7.60. The van der Waals surface area contributed by atoms with Crippen LogP contribution in [0.2, 0.25) is 0 Å². The largest absolute Gasteiger partial charge is 0.504 e. The molecule has 0 spiro atoms. The van der Waals surface area contributed by atoms with E-state index in [0.717, 1.165) is 28.9 Å². The minimum absolute atomic E-state index is 0.130. The topological polar surface area (TPSA) is 67.8 Å². The van der Waals surface area contributed by atoms with E-state index in [9.17, 15) is 5.11 Å². The number of methoxy groups -OCH3 is 1. The molecule has 4 aliphatic carbocycles. The lowest BCUT2D eigenvalue weighted by atomic mass is 9.48. The van der Waals surface area contributed by atoms with Gasteiger partial charge in [0.2, 0.25) is 0 Å². The van der Waals surface area contributed by atoms with Gasteiger partial charge < -0.3 is 15.7 Å². The molecule has 0 radical (unpaired) electrons. The first kappa shape index (κ1) is 13.9. The lowest BCUT2D eigenvalue weighted by Crippen LogP contribution is -2.48. The van der Waals surface area contributed by atoms with Crippen LogP contribution < -0.4 is 10.6 Å². The van der Waals surface area contributed by atoms with Gasteiger partial charge in [-0.05, 0) is 79.4 Å². The third-order valence-electron chi connectivity index (χ3n) is 6.15. The lowest BCUT2D eigenvalue weighted by molar-refractivity contribution is -0.00626. The Morgan fingerprint density at radius 2 is 1.77 bits per heavy atom. The summed E-state index contributed by atoms with van der Waals surface area (Å²) in [5, 5.41) is 14.4. The van der Waals surface area contributed by atoms with Crippen LogP contribution in [-0.2, 0) is 5.41 Å². The minimum Gasteiger partial charge on any atom is -0.504 e. The molecule has 4 aliphatic rings. The molecule has 4 saturated carbocycles. The Kier molecular flexibility index (Phi) is 3.10. The zero-order valence-corrected chi connectivity index (χ0v) is 13.1. The van der Waals surface area contributed by atoms with Gasteiger partial charge in [-0.25, -0.2) is 0 Å². The van der Waals surface area contributed by atoms with Crippen molar-refractivity contribution in [2.45, 2.75) is 43.9 Å². The summed E-state index contributed by atoms with van der Waals surface area (Å²) in [5.74, 6) is 8.67. The molecule has 3 N–H and O–H groups in total. The van der Waals surface area contributed by atoms with Gasteiger partial charge in [-0.15, -0.1) is 0 Å². The van der Waals surface area contributed by atoms with E-state index in [4.69, 9.17) is 10.6 Å². The van der Waals surface area contributed by atoms with Crippen LogP contribution in [0.5, 0.6) is 11.5 Å². The van der Waals surface area contributed by atoms with E-state index in [1.54, 1.807) is 19.4 Å². The number of aromatic hydroxyl groups is 1. The van der Waals surface area contributed by atoms with Gasteiger partial charge in [-0.3, -0.25) is 0 Å². The van der Waals surface area contributed by atoms with Crippen molar-refractivity contribution in [1.82, 2.24) is 0 Å². The number of hydrazone groups is 1. The highest BCUT2D eigenvalue weighted by atomic mass is 16.5. The fourth-order valence-corrected chi connectivity index (χ4v) is 5.79. The Morgan fingerprint density at radius 1 is 1.18 bits per heavy atom. The number of hydrogen-bond donors (Lipinski definition) is 2. The molecular formula is C18H24N2O2. The Bertz CT molecular complexity index is 588. The molecule has 4 nitrogen and oxygen atoms in total. The Balaban J connectivity index is 1.83. The predicted octanol–water partition coefficient (Wildman–Crippen LogP) is 3.16. The van der Waals surface area contributed by atoms with Crippen LogP contribution in [0.25, 0.3) is 0 Å². The normalized spacial score (nSPS) is 36.1. The van der Waals surface area contributed by atoms with Crippen LogP contribution in [0.15, 0.2) is 17.2 Å². The van der Waals surface area contributed by atoms with Crippen LogP contribution in [-0.4, -0.2) is 18.4 Å². The van der Waals surface area contributed by atoms with E-state index in [2.05, 4.69) is 11.2 Å². The number of hydrogen-bond acceptors (Lipinski definition) is 4. The van der Waals surface area contributed by atoms with Gasteiger partial charge in [0.15, 0.2) is 11.5 Å². The SMILES string of the molecule is COc1cc(C=NN)cc(C23CC4CC(CC(C4)C2)C3)c1O. The van der Waals surface area contributed by atoms with E-state index >= 15 is 0 Å². The molecule has 1 aromatic carbocycles. The predicted molar refractivity (Wildman–Crippen MR) is 86.3 cm³/mol. The third-order valence-corrected chi connectivity index (χ3v) is 6.15. The fraction of sp³-hybridized carbons (Fsp3) is 0.611. The van der Waals surface area contributed by atoms with Crippen LogP contribution >= 0.6 is 0 Å². The first-order valence-electron chi connectivity index (χ1n) is 8.28. The summed E-state index contributed by atoms with van der Waals surface area (Å²) < 4.78 is 5.38. The number of nitrogens with zero attached hydrogens (tertiary/aromatic N) is 1. The van der Waals surface area contributed by atoms with E-state index in [0.29, 0.717) is 11.5 Å². The van der Waals surface area contributed by atoms with Crippen LogP contribution in [0, 0.1) is 17.8 Å². The molecule has 4 bridgehead atoms. The number of phenolic OH excluding ortho intramolecular Hbond substituents is 1. The summed E-state index contributed by atoms with van der Waals surface area (Å²) in [6.07, 6.45) is 9.42. The first-order valence-corrected chi connectivity index (χ1v) is 8.28. The number of ether oxygens (including phenoxy) is 1. The zero-order valence-electron chi connectivity index (χ0n) is 13.1. The van der Waals surface area contributed by atoms with Gasteiger partial charge in [-0.1, -0.05) is 0 Å². The Morgan fingerprint density at radius 3 is 2.27 bits per heavy atom. The molecule has 0 aromatic heterocycles. The molecule has 22 heavy (non-hydrogen) atoms. The van der Waals surface area contributed by atoms with Crippen molar-refractivity contribution in [2.24, 2.45) is 28.7 Å². The van der Waals surface area contributed by atoms with Gasteiger partial charge in [0.05, 0.1) is 13.3 Å². The Labute approximate surface area is 131 Å². The second kappa shape index (κ2) is 4.90. The van der Waals surface area contributed by atoms with E-state index in [-0.39, 0.29) is 5.41 Å². The molecule has 118 valence electrons. The molecule has 0 unspecified atom stereocenters. The third kappa shape index (κ3) is 2.00. The summed E-state index contributed by atoms with van der Waals surface area (Å²) in [6.45, 7) is 0. The van der Waals surface area contributed by atoms with Crippen molar-refractivity contribution >= 4 is 6.21 Å². The zero-order chi connectivity index (χ0) is 15.3. The van der Waals surface area contributed by atoms with Gasteiger partial charge in [0.25, 0.3) is 0 Å². The monoisotopic (exact) mass is 300 g/mol.